The number of morpholine rings is 1. The van der Waals surface area contributed by atoms with E-state index in [0.717, 1.165) is 55.6 Å². The molecule has 0 saturated carbocycles. The Morgan fingerprint density at radius 2 is 2.26 bits per heavy atom. The number of aryl methyl sites for hydroxylation is 2. The molecule has 1 fully saturated rings. The van der Waals surface area contributed by atoms with E-state index in [1.54, 1.807) is 11.3 Å². The second kappa shape index (κ2) is 7.86. The topological polar surface area (TPSA) is 59.1 Å². The van der Waals surface area contributed by atoms with E-state index in [9.17, 15) is 0 Å². The molecule has 23 heavy (non-hydrogen) atoms. The molecule has 1 aliphatic rings. The number of pyridine rings is 1. The highest BCUT2D eigenvalue weighted by atomic mass is 32.1. The SMILES string of the molecule is CCCc1nc(Nc2cccc(C3CNCCO3)n2)sc1CC. The van der Waals surface area contributed by atoms with Crippen LogP contribution < -0.4 is 10.6 Å². The molecule has 3 rings (SSSR count). The van der Waals surface area contributed by atoms with Crippen molar-refractivity contribution in [3.63, 3.8) is 0 Å². The van der Waals surface area contributed by atoms with Crippen LogP contribution in [0.5, 0.6) is 0 Å². The molecule has 2 N–H and O–H groups in total. The zero-order chi connectivity index (χ0) is 16.1. The summed E-state index contributed by atoms with van der Waals surface area (Å²) in [6.45, 7) is 6.83. The number of thiazole rings is 1. The second-order valence-electron chi connectivity index (χ2n) is 5.63. The van der Waals surface area contributed by atoms with Crippen molar-refractivity contribution in [3.05, 3.63) is 34.5 Å². The van der Waals surface area contributed by atoms with Crippen LogP contribution in [-0.4, -0.2) is 29.7 Å². The van der Waals surface area contributed by atoms with Crippen LogP contribution in [0.4, 0.5) is 10.9 Å². The first kappa shape index (κ1) is 16.4. The molecule has 124 valence electrons. The highest BCUT2D eigenvalue weighted by molar-refractivity contribution is 7.15. The molecule has 0 amide bonds. The fourth-order valence-corrected chi connectivity index (χ4v) is 3.67. The minimum atomic E-state index is 0.0312. The Morgan fingerprint density at radius 1 is 1.35 bits per heavy atom. The van der Waals surface area contributed by atoms with Gasteiger partial charge in [-0.15, -0.1) is 11.3 Å². The van der Waals surface area contributed by atoms with E-state index in [-0.39, 0.29) is 6.10 Å². The van der Waals surface area contributed by atoms with Gasteiger partial charge < -0.3 is 15.4 Å². The van der Waals surface area contributed by atoms with Crippen molar-refractivity contribution < 1.29 is 4.74 Å². The van der Waals surface area contributed by atoms with Gasteiger partial charge in [-0.2, -0.15) is 0 Å². The van der Waals surface area contributed by atoms with Crippen LogP contribution in [0.2, 0.25) is 0 Å². The predicted octanol–water partition coefficient (Wildman–Crippen LogP) is 3.46. The number of nitrogens with one attached hydrogen (secondary N) is 2. The number of ether oxygens (including phenoxy) is 1. The van der Waals surface area contributed by atoms with E-state index in [1.165, 1.54) is 10.6 Å². The monoisotopic (exact) mass is 332 g/mol. The summed E-state index contributed by atoms with van der Waals surface area (Å²) >= 11 is 1.73. The van der Waals surface area contributed by atoms with Crippen LogP contribution in [-0.2, 0) is 17.6 Å². The maximum Gasteiger partial charge on any atom is 0.188 e. The zero-order valence-corrected chi connectivity index (χ0v) is 14.6. The number of aromatic nitrogens is 2. The third-order valence-electron chi connectivity index (χ3n) is 3.85. The Balaban J connectivity index is 1.74. The Morgan fingerprint density at radius 3 is 3.00 bits per heavy atom. The molecule has 5 nitrogen and oxygen atoms in total. The van der Waals surface area contributed by atoms with Gasteiger partial charge in [0.1, 0.15) is 11.9 Å². The summed E-state index contributed by atoms with van der Waals surface area (Å²) in [4.78, 5) is 10.8. The lowest BCUT2D eigenvalue weighted by Crippen LogP contribution is -2.33. The molecule has 2 aromatic rings. The summed E-state index contributed by atoms with van der Waals surface area (Å²) in [6, 6.07) is 6.01. The molecular formula is C17H24N4OS. The highest BCUT2D eigenvalue weighted by Gasteiger charge is 2.17. The summed E-state index contributed by atoms with van der Waals surface area (Å²) in [5, 5.41) is 7.62. The quantitative estimate of drug-likeness (QED) is 0.848. The van der Waals surface area contributed by atoms with E-state index in [2.05, 4.69) is 24.5 Å². The fourth-order valence-electron chi connectivity index (χ4n) is 2.71. The summed E-state index contributed by atoms with van der Waals surface area (Å²) in [5.41, 5.74) is 2.18. The van der Waals surface area contributed by atoms with Gasteiger partial charge in [-0.05, 0) is 25.0 Å². The number of rotatable bonds is 6. The first-order chi connectivity index (χ1) is 11.3. The molecule has 1 unspecified atom stereocenters. The summed E-state index contributed by atoms with van der Waals surface area (Å²) in [7, 11) is 0. The van der Waals surface area contributed by atoms with Crippen molar-refractivity contribution in [2.75, 3.05) is 25.0 Å². The number of hydrogen-bond acceptors (Lipinski definition) is 6. The van der Waals surface area contributed by atoms with Crippen molar-refractivity contribution in [3.8, 4) is 0 Å². The van der Waals surface area contributed by atoms with Gasteiger partial charge in [0.05, 0.1) is 18.0 Å². The molecular weight excluding hydrogens is 308 g/mol. The van der Waals surface area contributed by atoms with Gasteiger partial charge in [0, 0.05) is 18.0 Å². The number of hydrogen-bond donors (Lipinski definition) is 2. The second-order valence-corrected chi connectivity index (χ2v) is 6.71. The zero-order valence-electron chi connectivity index (χ0n) is 13.8. The van der Waals surface area contributed by atoms with Gasteiger partial charge >= 0.3 is 0 Å². The lowest BCUT2D eigenvalue weighted by atomic mass is 10.2. The van der Waals surface area contributed by atoms with Crippen LogP contribution in [0.1, 0.15) is 42.6 Å². The Kier molecular flexibility index (Phi) is 5.59. The fraction of sp³-hybridized carbons (Fsp3) is 0.529. The van der Waals surface area contributed by atoms with E-state index in [4.69, 9.17) is 14.7 Å². The Hall–Kier alpha value is -1.50. The van der Waals surface area contributed by atoms with Gasteiger partial charge in [0.2, 0.25) is 0 Å². The minimum absolute atomic E-state index is 0.0312. The molecule has 1 saturated heterocycles. The average molecular weight is 332 g/mol. The summed E-state index contributed by atoms with van der Waals surface area (Å²) in [6.07, 6.45) is 3.22. The lowest BCUT2D eigenvalue weighted by molar-refractivity contribution is 0.0251. The largest absolute Gasteiger partial charge is 0.369 e. The van der Waals surface area contributed by atoms with Crippen molar-refractivity contribution in [2.24, 2.45) is 0 Å². The maximum absolute atomic E-state index is 5.78. The van der Waals surface area contributed by atoms with Crippen LogP contribution in [0.25, 0.3) is 0 Å². The maximum atomic E-state index is 5.78. The molecule has 0 radical (unpaired) electrons. The summed E-state index contributed by atoms with van der Waals surface area (Å²) in [5.74, 6) is 0.830. The predicted molar refractivity (Wildman–Crippen MR) is 94.6 cm³/mol. The highest BCUT2D eigenvalue weighted by Crippen LogP contribution is 2.27. The molecule has 0 bridgehead atoms. The Bertz CT molecular complexity index is 637. The first-order valence-electron chi connectivity index (χ1n) is 8.35. The summed E-state index contributed by atoms with van der Waals surface area (Å²) < 4.78 is 5.78. The van der Waals surface area contributed by atoms with Crippen LogP contribution in [0, 0.1) is 0 Å². The standard InChI is InChI=1S/C17H24N4OS/c1-3-6-13-15(4-2)23-17(20-13)21-16-8-5-7-12(19-16)14-11-18-9-10-22-14/h5,7-8,14,18H,3-4,6,9-11H2,1-2H3,(H,19,20,21). The van der Waals surface area contributed by atoms with E-state index >= 15 is 0 Å². The molecule has 0 aliphatic carbocycles. The Labute approximate surface area is 141 Å². The third kappa shape index (κ3) is 4.07. The third-order valence-corrected chi connectivity index (χ3v) is 5.01. The number of anilines is 2. The van der Waals surface area contributed by atoms with Crippen LogP contribution >= 0.6 is 11.3 Å². The smallest absolute Gasteiger partial charge is 0.188 e. The van der Waals surface area contributed by atoms with Crippen molar-refractivity contribution in [2.45, 2.75) is 39.2 Å². The van der Waals surface area contributed by atoms with E-state index in [1.807, 2.05) is 18.2 Å². The average Bonchev–Trinajstić information content (AvgIpc) is 2.98. The van der Waals surface area contributed by atoms with Gasteiger partial charge in [-0.3, -0.25) is 0 Å². The van der Waals surface area contributed by atoms with E-state index < -0.39 is 0 Å². The van der Waals surface area contributed by atoms with Crippen LogP contribution in [0.15, 0.2) is 18.2 Å². The van der Waals surface area contributed by atoms with Gasteiger partial charge in [0.25, 0.3) is 0 Å². The molecule has 0 aromatic carbocycles. The van der Waals surface area contributed by atoms with Crippen molar-refractivity contribution in [1.82, 2.24) is 15.3 Å². The van der Waals surface area contributed by atoms with Crippen LogP contribution in [0.3, 0.4) is 0 Å². The number of nitrogens with zero attached hydrogens (tertiary/aromatic N) is 2. The molecule has 2 aromatic heterocycles. The van der Waals surface area contributed by atoms with Gasteiger partial charge in [-0.1, -0.05) is 26.3 Å². The molecule has 6 heteroatoms. The molecule has 1 aliphatic heterocycles. The van der Waals surface area contributed by atoms with E-state index in [0.29, 0.717) is 0 Å². The lowest BCUT2D eigenvalue weighted by Gasteiger charge is -2.23. The molecule has 0 spiro atoms. The van der Waals surface area contributed by atoms with Gasteiger partial charge in [0.15, 0.2) is 5.13 Å². The molecule has 3 heterocycles. The van der Waals surface area contributed by atoms with Crippen molar-refractivity contribution in [1.29, 1.82) is 0 Å². The van der Waals surface area contributed by atoms with Gasteiger partial charge in [-0.25, -0.2) is 9.97 Å². The minimum Gasteiger partial charge on any atom is -0.369 e. The van der Waals surface area contributed by atoms with Crippen molar-refractivity contribution >= 4 is 22.3 Å². The normalized spacial score (nSPS) is 18.1. The first-order valence-corrected chi connectivity index (χ1v) is 9.16. The molecule has 1 atom stereocenters.